The fraction of sp³-hybridized carbons (Fsp3) is 0.423. The molecule has 7 nitrogen and oxygen atoms in total. The molecular formula is C26H32N6OS. The van der Waals surface area contributed by atoms with Gasteiger partial charge in [0.2, 0.25) is 0 Å². The zero-order chi connectivity index (χ0) is 23.5. The van der Waals surface area contributed by atoms with Gasteiger partial charge in [0.1, 0.15) is 11.6 Å². The lowest BCUT2D eigenvalue weighted by Crippen LogP contribution is -2.28. The van der Waals surface area contributed by atoms with E-state index < -0.39 is 0 Å². The molecule has 0 saturated heterocycles. The number of rotatable bonds is 8. The van der Waals surface area contributed by atoms with Crippen molar-refractivity contribution in [2.75, 3.05) is 10.6 Å². The minimum absolute atomic E-state index is 0.153. The first-order chi connectivity index (χ1) is 16.5. The smallest absolute Gasteiger partial charge is 0.189 e. The molecule has 4 aromatic rings. The predicted octanol–water partition coefficient (Wildman–Crippen LogP) is 6.06. The number of thiazole rings is 1. The van der Waals surface area contributed by atoms with Crippen molar-refractivity contribution in [3.63, 3.8) is 0 Å². The Morgan fingerprint density at radius 2 is 1.88 bits per heavy atom. The Balaban J connectivity index is 1.27. The number of aromatic nitrogens is 4. The Hall–Kier alpha value is -2.97. The first kappa shape index (κ1) is 22.8. The zero-order valence-electron chi connectivity index (χ0n) is 19.7. The molecule has 178 valence electrons. The normalized spacial score (nSPS) is 18.5. The van der Waals surface area contributed by atoms with Crippen LogP contribution in [-0.2, 0) is 6.54 Å². The second-order valence-electron chi connectivity index (χ2n) is 9.56. The van der Waals surface area contributed by atoms with Crippen LogP contribution in [0.15, 0.2) is 48.8 Å². The van der Waals surface area contributed by atoms with Gasteiger partial charge in [-0.1, -0.05) is 37.3 Å². The van der Waals surface area contributed by atoms with Crippen molar-refractivity contribution in [1.82, 2.24) is 19.7 Å². The first-order valence-corrected chi connectivity index (χ1v) is 13.0. The SMILES string of the molecule is CC(C)CCn1cc(-c2ccc3nc(Nc4cccc(N[C@H]5CC[C@H](O)CC5)n4)sc3c2)cn1. The summed E-state index contributed by atoms with van der Waals surface area (Å²) in [6.07, 6.45) is 8.67. The summed E-state index contributed by atoms with van der Waals surface area (Å²) in [5.41, 5.74) is 3.25. The third kappa shape index (κ3) is 5.56. The predicted molar refractivity (Wildman–Crippen MR) is 140 cm³/mol. The topological polar surface area (TPSA) is 87.9 Å². The number of anilines is 3. The van der Waals surface area contributed by atoms with E-state index in [1.54, 1.807) is 11.3 Å². The molecule has 3 aromatic heterocycles. The Bertz CT molecular complexity index is 1240. The maximum Gasteiger partial charge on any atom is 0.189 e. The third-order valence-corrected chi connectivity index (χ3v) is 7.26. The number of pyridine rings is 1. The number of hydrogen-bond donors (Lipinski definition) is 3. The Labute approximate surface area is 204 Å². The number of benzene rings is 1. The molecule has 1 aliphatic rings. The number of hydrogen-bond acceptors (Lipinski definition) is 7. The summed E-state index contributed by atoms with van der Waals surface area (Å²) in [6, 6.07) is 12.7. The van der Waals surface area contributed by atoms with E-state index in [1.165, 1.54) is 0 Å². The maximum absolute atomic E-state index is 9.72. The summed E-state index contributed by atoms with van der Waals surface area (Å²) in [6.45, 7) is 5.41. The molecule has 34 heavy (non-hydrogen) atoms. The van der Waals surface area contributed by atoms with Gasteiger partial charge in [-0.05, 0) is 67.9 Å². The number of nitrogens with one attached hydrogen (secondary N) is 2. The molecule has 0 bridgehead atoms. The highest BCUT2D eigenvalue weighted by Gasteiger charge is 2.19. The monoisotopic (exact) mass is 476 g/mol. The van der Waals surface area contributed by atoms with Crippen LogP contribution in [0.4, 0.5) is 16.8 Å². The highest BCUT2D eigenvalue weighted by atomic mass is 32.1. The molecule has 1 saturated carbocycles. The van der Waals surface area contributed by atoms with Gasteiger partial charge in [-0.15, -0.1) is 0 Å². The molecule has 1 aliphatic carbocycles. The minimum atomic E-state index is -0.153. The average Bonchev–Trinajstić information content (AvgIpc) is 3.45. The van der Waals surface area contributed by atoms with Crippen LogP contribution in [0.5, 0.6) is 0 Å². The van der Waals surface area contributed by atoms with Crippen LogP contribution in [0.1, 0.15) is 46.0 Å². The van der Waals surface area contributed by atoms with Gasteiger partial charge in [-0.25, -0.2) is 9.97 Å². The van der Waals surface area contributed by atoms with Crippen molar-refractivity contribution in [3.05, 3.63) is 48.8 Å². The van der Waals surface area contributed by atoms with E-state index in [0.29, 0.717) is 12.0 Å². The summed E-state index contributed by atoms with van der Waals surface area (Å²) in [5.74, 6) is 2.29. The largest absolute Gasteiger partial charge is 0.393 e. The van der Waals surface area contributed by atoms with Gasteiger partial charge in [0, 0.05) is 24.3 Å². The molecule has 1 fully saturated rings. The highest BCUT2D eigenvalue weighted by Crippen LogP contribution is 2.32. The lowest BCUT2D eigenvalue weighted by molar-refractivity contribution is 0.126. The van der Waals surface area contributed by atoms with E-state index in [9.17, 15) is 5.11 Å². The van der Waals surface area contributed by atoms with Gasteiger partial charge < -0.3 is 15.7 Å². The lowest BCUT2D eigenvalue weighted by atomic mass is 9.93. The molecule has 3 heterocycles. The number of aliphatic hydroxyl groups excluding tert-OH is 1. The van der Waals surface area contributed by atoms with E-state index in [0.717, 1.165) is 76.8 Å². The van der Waals surface area contributed by atoms with Crippen LogP contribution >= 0.6 is 11.3 Å². The Kier molecular flexibility index (Phi) is 6.78. The van der Waals surface area contributed by atoms with Gasteiger partial charge in [-0.2, -0.15) is 5.10 Å². The van der Waals surface area contributed by atoms with Gasteiger partial charge in [0.15, 0.2) is 5.13 Å². The summed E-state index contributed by atoms with van der Waals surface area (Å²) in [5, 5.41) is 21.9. The summed E-state index contributed by atoms with van der Waals surface area (Å²) >= 11 is 1.63. The minimum Gasteiger partial charge on any atom is -0.393 e. The fourth-order valence-corrected chi connectivity index (χ4v) is 5.22. The zero-order valence-corrected chi connectivity index (χ0v) is 20.6. The van der Waals surface area contributed by atoms with Crippen LogP contribution in [0.2, 0.25) is 0 Å². The van der Waals surface area contributed by atoms with Crippen LogP contribution in [0.25, 0.3) is 21.3 Å². The van der Waals surface area contributed by atoms with Crippen LogP contribution in [0, 0.1) is 5.92 Å². The lowest BCUT2D eigenvalue weighted by Gasteiger charge is -2.26. The van der Waals surface area contributed by atoms with E-state index in [4.69, 9.17) is 9.97 Å². The molecule has 1 aromatic carbocycles. The number of aryl methyl sites for hydroxylation is 1. The van der Waals surface area contributed by atoms with Crippen LogP contribution < -0.4 is 10.6 Å². The average molecular weight is 477 g/mol. The number of nitrogens with zero attached hydrogens (tertiary/aromatic N) is 4. The first-order valence-electron chi connectivity index (χ1n) is 12.1. The molecule has 0 spiro atoms. The van der Waals surface area contributed by atoms with Crippen LogP contribution in [0.3, 0.4) is 0 Å². The summed E-state index contributed by atoms with van der Waals surface area (Å²) < 4.78 is 3.16. The summed E-state index contributed by atoms with van der Waals surface area (Å²) in [4.78, 5) is 9.47. The van der Waals surface area contributed by atoms with Gasteiger partial charge in [0.05, 0.1) is 22.5 Å². The standard InChI is InChI=1S/C26H32N6OS/c1-17(2)12-13-32-16-19(15-27-32)18-6-11-22-23(14-18)34-26(29-22)31-25-5-3-4-24(30-25)28-20-7-9-21(33)10-8-20/h3-6,11,14-17,20-21,33H,7-10,12-13H2,1-2H3,(H2,28,29,30,31)/t20-,21-. The summed E-state index contributed by atoms with van der Waals surface area (Å²) in [7, 11) is 0. The van der Waals surface area contributed by atoms with Crippen molar-refractivity contribution < 1.29 is 5.11 Å². The van der Waals surface area contributed by atoms with Crippen molar-refractivity contribution in [2.45, 2.75) is 64.6 Å². The fourth-order valence-electron chi connectivity index (χ4n) is 4.31. The molecule has 8 heteroatoms. The molecule has 0 amide bonds. The molecule has 0 aliphatic heterocycles. The maximum atomic E-state index is 9.72. The van der Waals surface area contributed by atoms with E-state index in [-0.39, 0.29) is 6.10 Å². The molecule has 0 radical (unpaired) electrons. The highest BCUT2D eigenvalue weighted by molar-refractivity contribution is 7.22. The van der Waals surface area contributed by atoms with Gasteiger partial charge >= 0.3 is 0 Å². The molecule has 0 unspecified atom stereocenters. The van der Waals surface area contributed by atoms with Gasteiger partial charge in [0.25, 0.3) is 0 Å². The van der Waals surface area contributed by atoms with Gasteiger partial charge in [-0.3, -0.25) is 4.68 Å². The van der Waals surface area contributed by atoms with E-state index >= 15 is 0 Å². The Morgan fingerprint density at radius 1 is 1.06 bits per heavy atom. The molecule has 5 rings (SSSR count). The van der Waals surface area contributed by atoms with Crippen molar-refractivity contribution in [3.8, 4) is 11.1 Å². The quantitative estimate of drug-likeness (QED) is 0.286. The van der Waals surface area contributed by atoms with Crippen molar-refractivity contribution in [2.24, 2.45) is 5.92 Å². The molecule has 3 N–H and O–H groups in total. The second kappa shape index (κ2) is 10.1. The third-order valence-electron chi connectivity index (χ3n) is 6.32. The molecular weight excluding hydrogens is 444 g/mol. The van der Waals surface area contributed by atoms with Crippen LogP contribution in [-0.4, -0.2) is 37.0 Å². The molecule has 0 atom stereocenters. The number of aliphatic hydroxyl groups is 1. The van der Waals surface area contributed by atoms with E-state index in [2.05, 4.69) is 54.0 Å². The Morgan fingerprint density at radius 3 is 2.71 bits per heavy atom. The number of fused-ring (bicyclic) bond motifs is 1. The van der Waals surface area contributed by atoms with E-state index in [1.807, 2.05) is 29.1 Å². The van der Waals surface area contributed by atoms with Crippen molar-refractivity contribution >= 4 is 38.3 Å². The van der Waals surface area contributed by atoms with Crippen molar-refractivity contribution in [1.29, 1.82) is 0 Å². The second-order valence-corrected chi connectivity index (χ2v) is 10.6.